The first-order chi connectivity index (χ1) is 5.25. The zero-order valence-electron chi connectivity index (χ0n) is 6.11. The lowest BCUT2D eigenvalue weighted by atomic mass is 10.3. The Morgan fingerprint density at radius 1 is 1.45 bits per heavy atom. The fourth-order valence-electron chi connectivity index (χ4n) is 0.785. The van der Waals surface area contributed by atoms with Crippen LogP contribution in [0.25, 0.3) is 0 Å². The largest absolute Gasteiger partial charge is 0.495 e. The van der Waals surface area contributed by atoms with E-state index in [1.165, 1.54) is 7.11 Å². The van der Waals surface area contributed by atoms with Crippen LogP contribution in [-0.4, -0.2) is 11.3 Å². The molecule has 0 aliphatic heterocycles. The third-order valence-corrected chi connectivity index (χ3v) is 2.06. The number of ether oxygens (including phenoxy) is 1. The van der Waals surface area contributed by atoms with Gasteiger partial charge in [0.05, 0.1) is 12.0 Å². The van der Waals surface area contributed by atoms with Crippen molar-refractivity contribution in [1.82, 2.24) is 0 Å². The van der Waals surface area contributed by atoms with Gasteiger partial charge < -0.3 is 4.74 Å². The molecular formula is C7H9NO2S. The van der Waals surface area contributed by atoms with Crippen LogP contribution in [0.2, 0.25) is 0 Å². The summed E-state index contributed by atoms with van der Waals surface area (Å²) in [6.07, 6.45) is 0. The van der Waals surface area contributed by atoms with Gasteiger partial charge in [0.25, 0.3) is 0 Å². The fourth-order valence-corrected chi connectivity index (χ4v) is 1.35. The van der Waals surface area contributed by atoms with Crippen molar-refractivity contribution >= 4 is 11.0 Å². The molecule has 0 aliphatic rings. The molecule has 0 spiro atoms. The van der Waals surface area contributed by atoms with E-state index in [-0.39, 0.29) is 0 Å². The molecule has 11 heavy (non-hydrogen) atoms. The standard InChI is InChI=1S/C7H9NO2S/c1-10-6-4-2-3-5-7(6)11(8)9/h2-5H,8H2,1H3/t11-/m1/s1. The van der Waals surface area contributed by atoms with Gasteiger partial charge in [-0.2, -0.15) is 0 Å². The molecule has 0 saturated heterocycles. The SMILES string of the molecule is COc1ccccc1[S@](N)=O. The van der Waals surface area contributed by atoms with Crippen molar-refractivity contribution < 1.29 is 8.95 Å². The summed E-state index contributed by atoms with van der Waals surface area (Å²) in [5, 5.41) is 5.18. The van der Waals surface area contributed by atoms with E-state index in [9.17, 15) is 4.21 Å². The molecule has 1 atom stereocenters. The van der Waals surface area contributed by atoms with E-state index in [1.54, 1.807) is 24.3 Å². The maximum absolute atomic E-state index is 10.8. The highest BCUT2D eigenvalue weighted by molar-refractivity contribution is 7.82. The molecule has 0 aliphatic carbocycles. The molecule has 0 aromatic heterocycles. The van der Waals surface area contributed by atoms with Crippen LogP contribution in [0.1, 0.15) is 0 Å². The van der Waals surface area contributed by atoms with Gasteiger partial charge in [0.2, 0.25) is 0 Å². The molecule has 0 amide bonds. The smallest absolute Gasteiger partial charge is 0.136 e. The van der Waals surface area contributed by atoms with Gasteiger partial charge in [0.15, 0.2) is 0 Å². The third kappa shape index (κ3) is 1.78. The van der Waals surface area contributed by atoms with Gasteiger partial charge in [-0.1, -0.05) is 12.1 Å². The second-order valence-electron chi connectivity index (χ2n) is 1.95. The molecule has 0 fully saturated rings. The molecule has 0 unspecified atom stereocenters. The summed E-state index contributed by atoms with van der Waals surface area (Å²) in [6.45, 7) is 0. The van der Waals surface area contributed by atoms with E-state index in [0.717, 1.165) is 0 Å². The summed E-state index contributed by atoms with van der Waals surface area (Å²) < 4.78 is 15.8. The number of rotatable bonds is 2. The van der Waals surface area contributed by atoms with Crippen molar-refractivity contribution in [2.75, 3.05) is 7.11 Å². The van der Waals surface area contributed by atoms with Gasteiger partial charge >= 0.3 is 0 Å². The molecule has 0 bridgehead atoms. The zero-order chi connectivity index (χ0) is 8.27. The van der Waals surface area contributed by atoms with E-state index >= 15 is 0 Å². The molecule has 1 aromatic rings. The number of para-hydroxylation sites is 1. The minimum Gasteiger partial charge on any atom is -0.495 e. The van der Waals surface area contributed by atoms with Gasteiger partial charge in [-0.25, -0.2) is 9.35 Å². The zero-order valence-corrected chi connectivity index (χ0v) is 6.93. The average Bonchev–Trinajstić information content (AvgIpc) is 2.04. The number of benzene rings is 1. The monoisotopic (exact) mass is 171 g/mol. The van der Waals surface area contributed by atoms with Crippen LogP contribution in [0, 0.1) is 0 Å². The van der Waals surface area contributed by atoms with Crippen LogP contribution < -0.4 is 9.88 Å². The lowest BCUT2D eigenvalue weighted by Crippen LogP contribution is -2.04. The van der Waals surface area contributed by atoms with Crippen molar-refractivity contribution in [3.8, 4) is 5.75 Å². The van der Waals surface area contributed by atoms with E-state index in [4.69, 9.17) is 9.88 Å². The quantitative estimate of drug-likeness (QED) is 0.711. The van der Waals surface area contributed by atoms with Crippen molar-refractivity contribution in [2.45, 2.75) is 4.90 Å². The lowest BCUT2D eigenvalue weighted by Gasteiger charge is -2.03. The topological polar surface area (TPSA) is 52.3 Å². The third-order valence-electron chi connectivity index (χ3n) is 1.29. The molecule has 0 saturated carbocycles. The number of hydrogen-bond donors (Lipinski definition) is 1. The maximum Gasteiger partial charge on any atom is 0.136 e. The lowest BCUT2D eigenvalue weighted by molar-refractivity contribution is 0.404. The van der Waals surface area contributed by atoms with Crippen molar-refractivity contribution in [3.63, 3.8) is 0 Å². The van der Waals surface area contributed by atoms with Gasteiger partial charge in [-0.15, -0.1) is 0 Å². The summed E-state index contributed by atoms with van der Waals surface area (Å²) in [4.78, 5) is 0.523. The molecule has 1 rings (SSSR count). The molecule has 1 aromatic carbocycles. The minimum absolute atomic E-state index is 0.523. The Hall–Kier alpha value is -0.870. The van der Waals surface area contributed by atoms with Crippen LogP contribution in [0.15, 0.2) is 29.2 Å². The Labute approximate surface area is 67.8 Å². The number of nitrogens with two attached hydrogens (primary N) is 1. The highest BCUT2D eigenvalue weighted by Crippen LogP contribution is 2.18. The molecule has 0 heterocycles. The van der Waals surface area contributed by atoms with E-state index in [2.05, 4.69) is 0 Å². The molecule has 3 nitrogen and oxygen atoms in total. The molecular weight excluding hydrogens is 162 g/mol. The molecule has 60 valence electrons. The first kappa shape index (κ1) is 8.23. The maximum atomic E-state index is 10.8. The van der Waals surface area contributed by atoms with Crippen LogP contribution in [0.5, 0.6) is 5.75 Å². The van der Waals surface area contributed by atoms with Crippen LogP contribution in [-0.2, 0) is 11.0 Å². The van der Waals surface area contributed by atoms with E-state index in [0.29, 0.717) is 10.6 Å². The van der Waals surface area contributed by atoms with Crippen molar-refractivity contribution in [1.29, 1.82) is 0 Å². The second-order valence-corrected chi connectivity index (χ2v) is 2.98. The Bertz CT molecular complexity index is 275. The highest BCUT2D eigenvalue weighted by atomic mass is 32.2. The normalized spacial score (nSPS) is 12.5. The van der Waals surface area contributed by atoms with Crippen LogP contribution in [0.4, 0.5) is 0 Å². The van der Waals surface area contributed by atoms with E-state index < -0.39 is 11.0 Å². The van der Waals surface area contributed by atoms with Gasteiger partial charge in [0.1, 0.15) is 16.7 Å². The summed E-state index contributed by atoms with van der Waals surface area (Å²) in [5.74, 6) is 0.563. The summed E-state index contributed by atoms with van der Waals surface area (Å²) >= 11 is 0. The van der Waals surface area contributed by atoms with Crippen LogP contribution in [0.3, 0.4) is 0 Å². The Kier molecular flexibility index (Phi) is 2.62. The minimum atomic E-state index is -1.47. The molecule has 0 radical (unpaired) electrons. The Morgan fingerprint density at radius 3 is 2.55 bits per heavy atom. The van der Waals surface area contributed by atoms with Gasteiger partial charge in [-0.05, 0) is 12.1 Å². The summed E-state index contributed by atoms with van der Waals surface area (Å²) in [7, 11) is 0.0542. The summed E-state index contributed by atoms with van der Waals surface area (Å²) in [5.41, 5.74) is 0. The van der Waals surface area contributed by atoms with Gasteiger partial charge in [0, 0.05) is 0 Å². The Balaban J connectivity index is 3.12. The number of methoxy groups -OCH3 is 1. The fraction of sp³-hybridized carbons (Fsp3) is 0.143. The van der Waals surface area contributed by atoms with Gasteiger partial charge in [-0.3, -0.25) is 0 Å². The molecule has 2 N–H and O–H groups in total. The molecule has 4 heteroatoms. The average molecular weight is 171 g/mol. The first-order valence-corrected chi connectivity index (χ1v) is 4.26. The van der Waals surface area contributed by atoms with Crippen LogP contribution >= 0.6 is 0 Å². The highest BCUT2D eigenvalue weighted by Gasteiger charge is 2.03. The predicted molar refractivity (Wildman–Crippen MR) is 43.6 cm³/mol. The first-order valence-electron chi connectivity index (χ1n) is 3.05. The van der Waals surface area contributed by atoms with Crippen molar-refractivity contribution in [3.05, 3.63) is 24.3 Å². The predicted octanol–water partition coefficient (Wildman–Crippen LogP) is 0.677. The second kappa shape index (κ2) is 3.50. The van der Waals surface area contributed by atoms with E-state index in [1.807, 2.05) is 0 Å². The number of hydrogen-bond acceptors (Lipinski definition) is 2. The summed E-state index contributed by atoms with van der Waals surface area (Å²) in [6, 6.07) is 6.97. The van der Waals surface area contributed by atoms with Crippen molar-refractivity contribution in [2.24, 2.45) is 5.14 Å². The Morgan fingerprint density at radius 2 is 2.09 bits per heavy atom.